The SMILES string of the molecule is ClCc1nc(-c2cc(Br)cs2)no1. The largest absolute Gasteiger partial charge is 0.338 e. The molecule has 2 aromatic rings. The fourth-order valence-corrected chi connectivity index (χ4v) is 2.30. The first-order valence-corrected chi connectivity index (χ1v) is 5.63. The number of aromatic nitrogens is 2. The second kappa shape index (κ2) is 3.77. The van der Waals surface area contributed by atoms with E-state index in [0.29, 0.717) is 11.7 Å². The summed E-state index contributed by atoms with van der Waals surface area (Å²) in [7, 11) is 0. The number of nitrogens with zero attached hydrogens (tertiary/aromatic N) is 2. The standard InChI is InChI=1S/C7H4BrClN2OS/c8-4-1-5(13-3-4)7-10-6(2-9)12-11-7/h1,3H,2H2. The highest BCUT2D eigenvalue weighted by Gasteiger charge is 2.09. The molecular formula is C7H4BrClN2OS. The van der Waals surface area contributed by atoms with Gasteiger partial charge >= 0.3 is 0 Å². The van der Waals surface area contributed by atoms with E-state index in [4.69, 9.17) is 16.1 Å². The molecular weight excluding hydrogens is 276 g/mol. The van der Waals surface area contributed by atoms with Crippen LogP contribution in [0, 0.1) is 0 Å². The van der Waals surface area contributed by atoms with E-state index in [1.54, 1.807) is 11.3 Å². The van der Waals surface area contributed by atoms with E-state index in [1.165, 1.54) is 0 Å². The Balaban J connectivity index is 2.35. The molecule has 0 aliphatic rings. The fraction of sp³-hybridized carbons (Fsp3) is 0.143. The van der Waals surface area contributed by atoms with E-state index < -0.39 is 0 Å². The summed E-state index contributed by atoms with van der Waals surface area (Å²) >= 11 is 10.4. The minimum Gasteiger partial charge on any atom is -0.338 e. The van der Waals surface area contributed by atoms with Gasteiger partial charge in [0.1, 0.15) is 5.88 Å². The quantitative estimate of drug-likeness (QED) is 0.792. The Kier molecular flexibility index (Phi) is 2.66. The van der Waals surface area contributed by atoms with Crippen molar-refractivity contribution in [2.75, 3.05) is 0 Å². The monoisotopic (exact) mass is 278 g/mol. The van der Waals surface area contributed by atoms with E-state index in [0.717, 1.165) is 9.35 Å². The van der Waals surface area contributed by atoms with Gasteiger partial charge in [0.25, 0.3) is 0 Å². The molecule has 2 rings (SSSR count). The van der Waals surface area contributed by atoms with Gasteiger partial charge in [-0.2, -0.15) is 4.98 Å². The third-order valence-electron chi connectivity index (χ3n) is 1.37. The van der Waals surface area contributed by atoms with E-state index in [1.807, 2.05) is 11.4 Å². The minimum atomic E-state index is 0.250. The number of alkyl halides is 1. The Labute approximate surface area is 91.8 Å². The summed E-state index contributed by atoms with van der Waals surface area (Å²) < 4.78 is 5.89. The van der Waals surface area contributed by atoms with Crippen LogP contribution in [0.1, 0.15) is 5.89 Å². The zero-order chi connectivity index (χ0) is 9.26. The van der Waals surface area contributed by atoms with Crippen molar-refractivity contribution in [2.24, 2.45) is 0 Å². The van der Waals surface area contributed by atoms with Crippen LogP contribution in [0.15, 0.2) is 20.4 Å². The molecule has 0 saturated heterocycles. The molecule has 0 N–H and O–H groups in total. The third-order valence-corrected chi connectivity index (χ3v) is 3.29. The van der Waals surface area contributed by atoms with Crippen LogP contribution in [-0.2, 0) is 5.88 Å². The Bertz CT molecular complexity index is 414. The number of thiophene rings is 1. The highest BCUT2D eigenvalue weighted by atomic mass is 79.9. The maximum Gasteiger partial charge on any atom is 0.241 e. The van der Waals surface area contributed by atoms with Gasteiger partial charge in [-0.3, -0.25) is 0 Å². The molecule has 13 heavy (non-hydrogen) atoms. The van der Waals surface area contributed by atoms with Gasteiger partial charge in [-0.25, -0.2) is 0 Å². The number of rotatable bonds is 2. The van der Waals surface area contributed by atoms with Crippen molar-refractivity contribution in [2.45, 2.75) is 5.88 Å². The molecule has 0 unspecified atom stereocenters. The summed E-state index contributed by atoms with van der Waals surface area (Å²) in [6.45, 7) is 0. The summed E-state index contributed by atoms with van der Waals surface area (Å²) in [6, 6.07) is 1.94. The highest BCUT2D eigenvalue weighted by Crippen LogP contribution is 2.27. The van der Waals surface area contributed by atoms with Gasteiger partial charge in [-0.1, -0.05) is 5.16 Å². The molecule has 0 atom stereocenters. The molecule has 6 heteroatoms. The van der Waals surface area contributed by atoms with Gasteiger partial charge in [0.2, 0.25) is 11.7 Å². The Morgan fingerprint density at radius 3 is 3.00 bits per heavy atom. The summed E-state index contributed by atoms with van der Waals surface area (Å²) in [5.41, 5.74) is 0. The molecule has 0 amide bonds. The summed E-state index contributed by atoms with van der Waals surface area (Å²) in [5, 5.41) is 5.75. The fourth-order valence-electron chi connectivity index (χ4n) is 0.840. The second-order valence-electron chi connectivity index (χ2n) is 2.27. The molecule has 0 aromatic carbocycles. The lowest BCUT2D eigenvalue weighted by atomic mass is 10.4. The van der Waals surface area contributed by atoms with E-state index in [-0.39, 0.29) is 5.88 Å². The van der Waals surface area contributed by atoms with E-state index >= 15 is 0 Å². The molecule has 0 radical (unpaired) electrons. The maximum absolute atomic E-state index is 5.53. The van der Waals surface area contributed by atoms with Gasteiger partial charge in [-0.15, -0.1) is 22.9 Å². The molecule has 0 saturated carbocycles. The Morgan fingerprint density at radius 1 is 1.62 bits per heavy atom. The molecule has 3 nitrogen and oxygen atoms in total. The van der Waals surface area contributed by atoms with Gasteiger partial charge in [0.05, 0.1) is 4.88 Å². The predicted octanol–water partition coefficient (Wildman–Crippen LogP) is 3.30. The Morgan fingerprint density at radius 2 is 2.46 bits per heavy atom. The van der Waals surface area contributed by atoms with Crippen LogP contribution in [0.25, 0.3) is 10.7 Å². The Hall–Kier alpha value is -0.390. The topological polar surface area (TPSA) is 38.9 Å². The van der Waals surface area contributed by atoms with Crippen molar-refractivity contribution in [3.05, 3.63) is 21.8 Å². The van der Waals surface area contributed by atoms with Gasteiger partial charge in [-0.05, 0) is 22.0 Å². The van der Waals surface area contributed by atoms with Gasteiger partial charge in [0, 0.05) is 9.85 Å². The van der Waals surface area contributed by atoms with Crippen LogP contribution in [0.2, 0.25) is 0 Å². The van der Waals surface area contributed by atoms with Crippen LogP contribution < -0.4 is 0 Å². The number of hydrogen-bond acceptors (Lipinski definition) is 4. The van der Waals surface area contributed by atoms with Crippen LogP contribution in [0.5, 0.6) is 0 Å². The second-order valence-corrected chi connectivity index (χ2v) is 4.37. The lowest BCUT2D eigenvalue weighted by molar-refractivity contribution is 0.391. The van der Waals surface area contributed by atoms with E-state index in [2.05, 4.69) is 26.1 Å². The van der Waals surface area contributed by atoms with Gasteiger partial charge < -0.3 is 4.52 Å². The average Bonchev–Trinajstić information content (AvgIpc) is 2.71. The van der Waals surface area contributed by atoms with Crippen molar-refractivity contribution in [3.8, 4) is 10.7 Å². The lowest BCUT2D eigenvalue weighted by Crippen LogP contribution is -1.76. The zero-order valence-electron chi connectivity index (χ0n) is 6.33. The summed E-state index contributed by atoms with van der Waals surface area (Å²) in [6.07, 6.45) is 0. The molecule has 0 aliphatic carbocycles. The molecule has 0 spiro atoms. The first-order valence-electron chi connectivity index (χ1n) is 3.42. The third kappa shape index (κ3) is 1.92. The summed E-state index contributed by atoms with van der Waals surface area (Å²) in [4.78, 5) is 5.06. The van der Waals surface area contributed by atoms with Crippen LogP contribution in [0.4, 0.5) is 0 Å². The predicted molar refractivity (Wildman–Crippen MR) is 54.9 cm³/mol. The molecule has 2 aromatic heterocycles. The lowest BCUT2D eigenvalue weighted by Gasteiger charge is -1.81. The molecule has 0 bridgehead atoms. The van der Waals surface area contributed by atoms with Crippen molar-refractivity contribution in [1.29, 1.82) is 0 Å². The van der Waals surface area contributed by atoms with Crippen molar-refractivity contribution in [1.82, 2.24) is 10.1 Å². The normalized spacial score (nSPS) is 10.6. The van der Waals surface area contributed by atoms with E-state index in [9.17, 15) is 0 Å². The van der Waals surface area contributed by atoms with Crippen LogP contribution in [0.3, 0.4) is 0 Å². The van der Waals surface area contributed by atoms with Gasteiger partial charge in [0.15, 0.2) is 0 Å². The molecule has 2 heterocycles. The number of halogens is 2. The first-order chi connectivity index (χ1) is 6.29. The van der Waals surface area contributed by atoms with Crippen molar-refractivity contribution >= 4 is 38.9 Å². The molecule has 0 aliphatic heterocycles. The smallest absolute Gasteiger partial charge is 0.241 e. The summed E-state index contributed by atoms with van der Waals surface area (Å²) in [5.74, 6) is 1.28. The average molecular weight is 280 g/mol. The first kappa shape index (κ1) is 9.18. The molecule has 68 valence electrons. The van der Waals surface area contributed by atoms with Crippen LogP contribution in [-0.4, -0.2) is 10.1 Å². The molecule has 0 fully saturated rings. The minimum absolute atomic E-state index is 0.250. The number of hydrogen-bond donors (Lipinski definition) is 0. The highest BCUT2D eigenvalue weighted by molar-refractivity contribution is 9.10. The van der Waals surface area contributed by atoms with Crippen LogP contribution >= 0.6 is 38.9 Å². The van der Waals surface area contributed by atoms with Crippen molar-refractivity contribution in [3.63, 3.8) is 0 Å². The zero-order valence-corrected chi connectivity index (χ0v) is 9.49. The van der Waals surface area contributed by atoms with Crippen molar-refractivity contribution < 1.29 is 4.52 Å². The maximum atomic E-state index is 5.53.